The number of ketones is 1. The zero-order chi connectivity index (χ0) is 12.0. The van der Waals surface area contributed by atoms with Crippen molar-refractivity contribution in [2.45, 2.75) is 19.8 Å². The number of Topliss-reactive ketones (excluding diaryl/α,β-unsaturated/α-hetero) is 1. The largest absolute Gasteiger partial charge is 0.493 e. The quantitative estimate of drug-likeness (QED) is 0.419. The van der Waals surface area contributed by atoms with E-state index in [1.807, 2.05) is 0 Å². The zero-order valence-corrected chi connectivity index (χ0v) is 9.33. The van der Waals surface area contributed by atoms with Crippen LogP contribution in [-0.2, 0) is 0 Å². The van der Waals surface area contributed by atoms with Gasteiger partial charge in [-0.05, 0) is 31.9 Å². The van der Waals surface area contributed by atoms with Crippen molar-refractivity contribution in [2.75, 3.05) is 6.61 Å². The number of ether oxygens (including phenoxy) is 1. The molecule has 2 nitrogen and oxygen atoms in total. The predicted molar refractivity (Wildman–Crippen MR) is 61.3 cm³/mol. The summed E-state index contributed by atoms with van der Waals surface area (Å²) in [6.45, 7) is 5.38. The fraction of sp³-hybridized carbons (Fsp3) is 0.308. The number of halogens is 1. The van der Waals surface area contributed by atoms with Gasteiger partial charge in [0.05, 0.1) is 12.2 Å². The van der Waals surface area contributed by atoms with Crippen LogP contribution in [0.4, 0.5) is 4.39 Å². The van der Waals surface area contributed by atoms with Crippen LogP contribution in [-0.4, -0.2) is 12.4 Å². The number of carbonyl (C=O) groups excluding carboxylic acids is 1. The smallest absolute Gasteiger partial charge is 0.166 e. The van der Waals surface area contributed by atoms with Gasteiger partial charge < -0.3 is 4.74 Å². The minimum Gasteiger partial charge on any atom is -0.493 e. The molecule has 1 aromatic carbocycles. The molecule has 0 aliphatic carbocycles. The van der Waals surface area contributed by atoms with Gasteiger partial charge in [0, 0.05) is 0 Å². The lowest BCUT2D eigenvalue weighted by atomic mass is 10.1. The monoisotopic (exact) mass is 222 g/mol. The summed E-state index contributed by atoms with van der Waals surface area (Å²) in [5.41, 5.74) is 0.0288. The second kappa shape index (κ2) is 6.05. The van der Waals surface area contributed by atoms with Crippen LogP contribution >= 0.6 is 0 Å². The van der Waals surface area contributed by atoms with Crippen LogP contribution < -0.4 is 4.74 Å². The van der Waals surface area contributed by atoms with E-state index in [1.54, 1.807) is 12.1 Å². The zero-order valence-electron chi connectivity index (χ0n) is 9.33. The van der Waals surface area contributed by atoms with Crippen molar-refractivity contribution in [3.8, 4) is 5.75 Å². The van der Waals surface area contributed by atoms with Gasteiger partial charge in [-0.1, -0.05) is 12.1 Å². The first-order valence-corrected chi connectivity index (χ1v) is 5.20. The average Bonchev–Trinajstić information content (AvgIpc) is 2.24. The highest BCUT2D eigenvalue weighted by Crippen LogP contribution is 2.22. The molecule has 0 bridgehead atoms. The lowest BCUT2D eigenvalue weighted by Crippen LogP contribution is -2.05. The molecule has 0 heterocycles. The maximum atomic E-state index is 13.4. The molecule has 0 saturated heterocycles. The molecule has 0 spiro atoms. The molecule has 1 rings (SSSR count). The van der Waals surface area contributed by atoms with Crippen molar-refractivity contribution in [1.82, 2.24) is 0 Å². The highest BCUT2D eigenvalue weighted by Gasteiger charge is 2.13. The maximum absolute atomic E-state index is 13.4. The normalized spacial score (nSPS) is 9.88. The maximum Gasteiger partial charge on any atom is 0.166 e. The van der Waals surface area contributed by atoms with Crippen molar-refractivity contribution >= 4 is 5.78 Å². The van der Waals surface area contributed by atoms with Crippen molar-refractivity contribution in [3.63, 3.8) is 0 Å². The first kappa shape index (κ1) is 12.4. The molecule has 1 aromatic rings. The van der Waals surface area contributed by atoms with Gasteiger partial charge in [0.1, 0.15) is 11.6 Å². The van der Waals surface area contributed by atoms with Crippen molar-refractivity contribution in [1.29, 1.82) is 0 Å². The van der Waals surface area contributed by atoms with E-state index in [0.717, 1.165) is 12.8 Å². The summed E-state index contributed by atoms with van der Waals surface area (Å²) in [6, 6.07) is 4.39. The molecule has 0 fully saturated rings. The first-order chi connectivity index (χ1) is 7.66. The summed E-state index contributed by atoms with van der Waals surface area (Å²) in [5.74, 6) is -0.540. The summed E-state index contributed by atoms with van der Waals surface area (Å²) in [6.07, 6.45) is 3.43. The molecular weight excluding hydrogens is 207 g/mol. The number of hydrogen-bond donors (Lipinski definition) is 0. The van der Waals surface area contributed by atoms with Gasteiger partial charge >= 0.3 is 0 Å². The Morgan fingerprint density at radius 1 is 1.56 bits per heavy atom. The lowest BCUT2D eigenvalue weighted by molar-refractivity contribution is 0.100. The molecule has 0 N–H and O–H groups in total. The van der Waals surface area contributed by atoms with Gasteiger partial charge in [-0.3, -0.25) is 4.79 Å². The SMILES string of the molecule is C=CCCCOc1cccc(F)c1C(C)=O. The summed E-state index contributed by atoms with van der Waals surface area (Å²) in [4.78, 5) is 11.2. The Balaban J connectivity index is 2.75. The first-order valence-electron chi connectivity index (χ1n) is 5.20. The van der Waals surface area contributed by atoms with Crippen molar-refractivity contribution in [2.24, 2.45) is 0 Å². The molecule has 16 heavy (non-hydrogen) atoms. The molecule has 0 atom stereocenters. The highest BCUT2D eigenvalue weighted by atomic mass is 19.1. The van der Waals surface area contributed by atoms with Gasteiger partial charge in [-0.25, -0.2) is 4.39 Å². The molecule has 0 aliphatic heterocycles. The van der Waals surface area contributed by atoms with Crippen LogP contribution in [0.5, 0.6) is 5.75 Å². The van der Waals surface area contributed by atoms with Crippen LogP contribution in [0, 0.1) is 5.82 Å². The molecule has 0 radical (unpaired) electrons. The third kappa shape index (κ3) is 3.19. The van der Waals surface area contributed by atoms with Gasteiger partial charge in [0.25, 0.3) is 0 Å². The van der Waals surface area contributed by atoms with Gasteiger partial charge in [0.2, 0.25) is 0 Å². The number of carbonyl (C=O) groups is 1. The van der Waals surface area contributed by atoms with Crippen LogP contribution in [0.25, 0.3) is 0 Å². The Bertz CT molecular complexity index is 386. The second-order valence-electron chi connectivity index (χ2n) is 3.45. The van der Waals surface area contributed by atoms with Gasteiger partial charge in [-0.2, -0.15) is 0 Å². The molecule has 0 amide bonds. The van der Waals surface area contributed by atoms with Gasteiger partial charge in [-0.15, -0.1) is 6.58 Å². The molecular formula is C13H15FO2. The molecule has 0 unspecified atom stereocenters. The summed E-state index contributed by atoms with van der Waals surface area (Å²) in [7, 11) is 0. The van der Waals surface area contributed by atoms with Crippen LogP contribution in [0.15, 0.2) is 30.9 Å². The van der Waals surface area contributed by atoms with E-state index in [-0.39, 0.29) is 11.3 Å². The Morgan fingerprint density at radius 2 is 2.31 bits per heavy atom. The summed E-state index contributed by atoms with van der Waals surface area (Å²) >= 11 is 0. The minimum absolute atomic E-state index is 0.0288. The van der Waals surface area contributed by atoms with E-state index in [0.29, 0.717) is 12.4 Å². The van der Waals surface area contributed by atoms with E-state index in [1.165, 1.54) is 19.1 Å². The number of rotatable bonds is 6. The molecule has 86 valence electrons. The Morgan fingerprint density at radius 3 is 2.94 bits per heavy atom. The Hall–Kier alpha value is -1.64. The van der Waals surface area contributed by atoms with Crippen LogP contribution in [0.3, 0.4) is 0 Å². The van der Waals surface area contributed by atoms with E-state index in [2.05, 4.69) is 6.58 Å². The third-order valence-electron chi connectivity index (χ3n) is 2.14. The molecule has 3 heteroatoms. The number of hydrogen-bond acceptors (Lipinski definition) is 2. The van der Waals surface area contributed by atoms with E-state index in [9.17, 15) is 9.18 Å². The van der Waals surface area contributed by atoms with E-state index < -0.39 is 5.82 Å². The highest BCUT2D eigenvalue weighted by molar-refractivity contribution is 5.97. The van der Waals surface area contributed by atoms with E-state index in [4.69, 9.17) is 4.74 Å². The Kier molecular flexibility index (Phi) is 4.70. The van der Waals surface area contributed by atoms with Gasteiger partial charge in [0.15, 0.2) is 5.78 Å². The fourth-order valence-corrected chi connectivity index (χ4v) is 1.38. The number of benzene rings is 1. The lowest BCUT2D eigenvalue weighted by Gasteiger charge is -2.09. The Labute approximate surface area is 94.7 Å². The average molecular weight is 222 g/mol. The second-order valence-corrected chi connectivity index (χ2v) is 3.45. The minimum atomic E-state index is -0.534. The molecule has 0 aromatic heterocycles. The fourth-order valence-electron chi connectivity index (χ4n) is 1.38. The van der Waals surface area contributed by atoms with E-state index >= 15 is 0 Å². The topological polar surface area (TPSA) is 26.3 Å². The molecule has 0 aliphatic rings. The van der Waals surface area contributed by atoms with Crippen molar-refractivity contribution in [3.05, 3.63) is 42.2 Å². The van der Waals surface area contributed by atoms with Crippen LogP contribution in [0.1, 0.15) is 30.1 Å². The van der Waals surface area contributed by atoms with Crippen molar-refractivity contribution < 1.29 is 13.9 Å². The number of allylic oxidation sites excluding steroid dienone is 1. The standard InChI is InChI=1S/C13H15FO2/c1-3-4-5-9-16-12-8-6-7-11(14)13(12)10(2)15/h3,6-8H,1,4-5,9H2,2H3. The summed E-state index contributed by atoms with van der Waals surface area (Å²) in [5, 5.41) is 0. The summed E-state index contributed by atoms with van der Waals surface area (Å²) < 4.78 is 18.7. The number of unbranched alkanes of at least 4 members (excludes halogenated alkanes) is 1. The third-order valence-corrected chi connectivity index (χ3v) is 2.14. The van der Waals surface area contributed by atoms with Crippen LogP contribution in [0.2, 0.25) is 0 Å². The molecule has 0 saturated carbocycles. The predicted octanol–water partition coefficient (Wildman–Crippen LogP) is 3.37.